The number of nitrogens with one attached hydrogen (secondary N) is 1. The predicted molar refractivity (Wildman–Crippen MR) is 92.4 cm³/mol. The summed E-state index contributed by atoms with van der Waals surface area (Å²) in [6, 6.07) is 1.92. The lowest BCUT2D eigenvalue weighted by Gasteiger charge is -2.30. The first kappa shape index (κ1) is 16.2. The lowest BCUT2D eigenvalue weighted by molar-refractivity contribution is -0.118. The second-order valence-corrected chi connectivity index (χ2v) is 7.12. The number of carbonyl (C=O) groups excluding carboxylic acids is 1. The van der Waals surface area contributed by atoms with Crippen LogP contribution in [0, 0.1) is 18.8 Å². The lowest BCUT2D eigenvalue weighted by Crippen LogP contribution is -2.42. The van der Waals surface area contributed by atoms with Gasteiger partial charge in [0.25, 0.3) is 0 Å². The number of allylic oxidation sites excluding steroid dienone is 1. The van der Waals surface area contributed by atoms with Crippen LogP contribution in [0.1, 0.15) is 38.8 Å². The van der Waals surface area contributed by atoms with Crippen LogP contribution >= 0.6 is 0 Å². The molecule has 0 unspecified atom stereocenters. The minimum absolute atomic E-state index is 0.0628. The molecule has 0 saturated carbocycles. The van der Waals surface area contributed by atoms with Gasteiger partial charge >= 0.3 is 0 Å². The normalized spacial score (nSPS) is 28.3. The van der Waals surface area contributed by atoms with Gasteiger partial charge in [-0.3, -0.25) is 14.4 Å². The highest BCUT2D eigenvalue weighted by atomic mass is 16.2. The van der Waals surface area contributed by atoms with E-state index in [2.05, 4.69) is 30.3 Å². The Labute approximate surface area is 138 Å². The van der Waals surface area contributed by atoms with Crippen LogP contribution in [0.4, 0.5) is 5.82 Å². The SMILES string of the molecule is CC1=CCC[C@H](C)[C@H]1CN[C@H]1CCN(c2cc(C)nn2C)C1=O. The molecule has 0 spiro atoms. The maximum atomic E-state index is 12.7. The van der Waals surface area contributed by atoms with Crippen LogP contribution in [0.5, 0.6) is 0 Å². The molecule has 0 aromatic carbocycles. The molecule has 1 N–H and O–H groups in total. The van der Waals surface area contributed by atoms with Gasteiger partial charge in [0.15, 0.2) is 0 Å². The van der Waals surface area contributed by atoms with E-state index < -0.39 is 0 Å². The maximum Gasteiger partial charge on any atom is 0.245 e. The Hall–Kier alpha value is -1.62. The van der Waals surface area contributed by atoms with Gasteiger partial charge in [-0.05, 0) is 44.9 Å². The van der Waals surface area contributed by atoms with Gasteiger partial charge in [0.1, 0.15) is 5.82 Å². The van der Waals surface area contributed by atoms with E-state index in [1.165, 1.54) is 18.4 Å². The highest BCUT2D eigenvalue weighted by molar-refractivity contribution is 5.98. The molecule has 5 heteroatoms. The number of carbonyl (C=O) groups is 1. The van der Waals surface area contributed by atoms with Crippen LogP contribution in [0.3, 0.4) is 0 Å². The fourth-order valence-electron chi connectivity index (χ4n) is 3.95. The molecule has 1 amide bonds. The van der Waals surface area contributed by atoms with Crippen molar-refractivity contribution in [1.29, 1.82) is 0 Å². The second kappa shape index (κ2) is 6.48. The molecule has 1 aromatic rings. The molecule has 3 atom stereocenters. The molecule has 0 radical (unpaired) electrons. The van der Waals surface area contributed by atoms with Gasteiger partial charge in [0, 0.05) is 26.2 Å². The monoisotopic (exact) mass is 316 g/mol. The van der Waals surface area contributed by atoms with Crippen molar-refractivity contribution in [3.63, 3.8) is 0 Å². The molecular formula is C18H28N4O. The molecule has 1 aliphatic heterocycles. The topological polar surface area (TPSA) is 50.2 Å². The third kappa shape index (κ3) is 3.20. The number of hydrogen-bond acceptors (Lipinski definition) is 3. The minimum Gasteiger partial charge on any atom is -0.305 e. The molecular weight excluding hydrogens is 288 g/mol. The number of amides is 1. The first-order valence-electron chi connectivity index (χ1n) is 8.69. The van der Waals surface area contributed by atoms with Crippen molar-refractivity contribution in [3.8, 4) is 0 Å². The Morgan fingerprint density at radius 1 is 1.35 bits per heavy atom. The quantitative estimate of drug-likeness (QED) is 0.868. The van der Waals surface area contributed by atoms with Crippen molar-refractivity contribution >= 4 is 11.7 Å². The van der Waals surface area contributed by atoms with Gasteiger partial charge in [-0.2, -0.15) is 5.10 Å². The van der Waals surface area contributed by atoms with Crippen molar-refractivity contribution in [1.82, 2.24) is 15.1 Å². The van der Waals surface area contributed by atoms with Gasteiger partial charge in [0.2, 0.25) is 5.91 Å². The highest BCUT2D eigenvalue weighted by Crippen LogP contribution is 2.30. The predicted octanol–water partition coefficient (Wildman–Crippen LogP) is 2.42. The molecule has 0 bridgehead atoms. The van der Waals surface area contributed by atoms with Gasteiger partial charge in [-0.25, -0.2) is 0 Å². The molecule has 5 nitrogen and oxygen atoms in total. The first-order valence-corrected chi connectivity index (χ1v) is 8.69. The molecule has 1 fully saturated rings. The van der Waals surface area contributed by atoms with Crippen molar-refractivity contribution in [2.24, 2.45) is 18.9 Å². The van der Waals surface area contributed by atoms with Crippen LogP contribution in [0.25, 0.3) is 0 Å². The Kier molecular flexibility index (Phi) is 4.57. The molecule has 2 aliphatic rings. The largest absolute Gasteiger partial charge is 0.305 e. The molecule has 1 saturated heterocycles. The summed E-state index contributed by atoms with van der Waals surface area (Å²) >= 11 is 0. The lowest BCUT2D eigenvalue weighted by atomic mass is 9.80. The average Bonchev–Trinajstić information content (AvgIpc) is 3.01. The van der Waals surface area contributed by atoms with Crippen LogP contribution in [-0.2, 0) is 11.8 Å². The van der Waals surface area contributed by atoms with Crippen LogP contribution in [0.15, 0.2) is 17.7 Å². The number of aryl methyl sites for hydroxylation is 2. The number of anilines is 1. The van der Waals surface area contributed by atoms with E-state index in [1.807, 2.05) is 24.9 Å². The minimum atomic E-state index is -0.0628. The van der Waals surface area contributed by atoms with E-state index in [0.29, 0.717) is 11.8 Å². The van der Waals surface area contributed by atoms with Crippen molar-refractivity contribution < 1.29 is 4.79 Å². The molecule has 3 rings (SSSR count). The van der Waals surface area contributed by atoms with E-state index in [9.17, 15) is 4.79 Å². The third-order valence-corrected chi connectivity index (χ3v) is 5.40. The molecule has 2 heterocycles. The Morgan fingerprint density at radius 2 is 2.13 bits per heavy atom. The number of hydrogen-bond donors (Lipinski definition) is 1. The average molecular weight is 316 g/mol. The van der Waals surface area contributed by atoms with Gasteiger partial charge in [-0.15, -0.1) is 0 Å². The summed E-state index contributed by atoms with van der Waals surface area (Å²) in [6.07, 6.45) is 5.67. The number of rotatable bonds is 4. The number of nitrogens with zero attached hydrogens (tertiary/aromatic N) is 3. The van der Waals surface area contributed by atoms with E-state index in [4.69, 9.17) is 0 Å². The zero-order valence-electron chi connectivity index (χ0n) is 14.7. The second-order valence-electron chi connectivity index (χ2n) is 7.12. The summed E-state index contributed by atoms with van der Waals surface area (Å²) in [5, 5.41) is 7.88. The third-order valence-electron chi connectivity index (χ3n) is 5.40. The molecule has 1 aromatic heterocycles. The zero-order valence-corrected chi connectivity index (χ0v) is 14.7. The Balaban J connectivity index is 1.62. The van der Waals surface area contributed by atoms with Gasteiger partial charge in [-0.1, -0.05) is 18.6 Å². The standard InChI is InChI=1S/C18H28N4O/c1-12-6-5-7-13(2)15(12)11-19-16-8-9-22(18(16)23)17-10-14(3)20-21(17)4/h6,10,13,15-16,19H,5,7-9,11H2,1-4H3/t13-,15-,16-/m0/s1. The van der Waals surface area contributed by atoms with Crippen molar-refractivity contribution in [3.05, 3.63) is 23.4 Å². The first-order chi connectivity index (χ1) is 11.0. The van der Waals surface area contributed by atoms with E-state index in [-0.39, 0.29) is 11.9 Å². The van der Waals surface area contributed by atoms with Crippen molar-refractivity contribution in [2.45, 2.75) is 46.1 Å². The summed E-state index contributed by atoms with van der Waals surface area (Å²) < 4.78 is 1.80. The van der Waals surface area contributed by atoms with E-state index in [1.54, 1.807) is 4.68 Å². The Bertz CT molecular complexity index is 619. The maximum absolute atomic E-state index is 12.7. The summed E-state index contributed by atoms with van der Waals surface area (Å²) in [4.78, 5) is 14.6. The smallest absolute Gasteiger partial charge is 0.245 e. The highest BCUT2D eigenvalue weighted by Gasteiger charge is 2.34. The fraction of sp³-hybridized carbons (Fsp3) is 0.667. The van der Waals surface area contributed by atoms with Gasteiger partial charge in [0.05, 0.1) is 11.7 Å². The fourth-order valence-corrected chi connectivity index (χ4v) is 3.95. The van der Waals surface area contributed by atoms with Crippen LogP contribution in [0.2, 0.25) is 0 Å². The summed E-state index contributed by atoms with van der Waals surface area (Å²) in [7, 11) is 1.90. The van der Waals surface area contributed by atoms with E-state index >= 15 is 0 Å². The van der Waals surface area contributed by atoms with Crippen LogP contribution < -0.4 is 10.2 Å². The zero-order chi connectivity index (χ0) is 16.6. The molecule has 1 aliphatic carbocycles. The molecule has 126 valence electrons. The van der Waals surface area contributed by atoms with Crippen LogP contribution in [-0.4, -0.2) is 34.8 Å². The van der Waals surface area contributed by atoms with Crippen molar-refractivity contribution in [2.75, 3.05) is 18.0 Å². The summed E-state index contributed by atoms with van der Waals surface area (Å²) in [5.41, 5.74) is 2.42. The van der Waals surface area contributed by atoms with E-state index in [0.717, 1.165) is 31.0 Å². The summed E-state index contributed by atoms with van der Waals surface area (Å²) in [5.74, 6) is 2.33. The molecule has 23 heavy (non-hydrogen) atoms. The summed E-state index contributed by atoms with van der Waals surface area (Å²) in [6.45, 7) is 8.18. The number of aromatic nitrogens is 2. The van der Waals surface area contributed by atoms with Gasteiger partial charge < -0.3 is 5.32 Å². The Morgan fingerprint density at radius 3 is 2.78 bits per heavy atom.